The standard InChI is InChI=1S/C19H17ClN4O3/c1-26-14-6-4-13(5-7-14)23-19(25)16-10-18(22-11-21-16)24-15-9-12(20)3-8-17(15)27-2/h3-11H,1-2H3,(H,23,25)(H,21,22,24). The number of nitrogens with one attached hydrogen (secondary N) is 2. The van der Waals surface area contributed by atoms with E-state index < -0.39 is 0 Å². The fraction of sp³-hybridized carbons (Fsp3) is 0.105. The Labute approximate surface area is 161 Å². The molecule has 138 valence electrons. The highest BCUT2D eigenvalue weighted by atomic mass is 35.5. The number of carbonyl (C=O) groups is 1. The van der Waals surface area contributed by atoms with Crippen molar-refractivity contribution < 1.29 is 14.3 Å². The molecule has 1 aromatic heterocycles. The van der Waals surface area contributed by atoms with Crippen LogP contribution in [0.5, 0.6) is 11.5 Å². The Balaban J connectivity index is 1.76. The highest BCUT2D eigenvalue weighted by Gasteiger charge is 2.11. The molecule has 7 nitrogen and oxygen atoms in total. The number of benzene rings is 2. The summed E-state index contributed by atoms with van der Waals surface area (Å²) in [6.45, 7) is 0. The zero-order chi connectivity index (χ0) is 19.2. The Hall–Kier alpha value is -3.32. The van der Waals surface area contributed by atoms with Crippen molar-refractivity contribution in [3.05, 3.63) is 65.6 Å². The summed E-state index contributed by atoms with van der Waals surface area (Å²) in [5.74, 6) is 1.38. The SMILES string of the molecule is COc1ccc(NC(=O)c2cc(Nc3cc(Cl)ccc3OC)ncn2)cc1. The van der Waals surface area contributed by atoms with Gasteiger partial charge >= 0.3 is 0 Å². The van der Waals surface area contributed by atoms with Crippen LogP contribution in [0.3, 0.4) is 0 Å². The van der Waals surface area contributed by atoms with Gasteiger partial charge in [-0.05, 0) is 42.5 Å². The number of methoxy groups -OCH3 is 2. The van der Waals surface area contributed by atoms with Crippen molar-refractivity contribution in [2.75, 3.05) is 24.9 Å². The van der Waals surface area contributed by atoms with Gasteiger partial charge in [0.25, 0.3) is 5.91 Å². The first-order valence-corrected chi connectivity index (χ1v) is 8.35. The number of halogens is 1. The minimum absolute atomic E-state index is 0.212. The molecule has 8 heteroatoms. The maximum absolute atomic E-state index is 12.4. The zero-order valence-electron chi connectivity index (χ0n) is 14.7. The van der Waals surface area contributed by atoms with Crippen molar-refractivity contribution >= 4 is 34.7 Å². The number of carbonyl (C=O) groups excluding carboxylic acids is 1. The Kier molecular flexibility index (Phi) is 5.73. The average molecular weight is 385 g/mol. The van der Waals surface area contributed by atoms with E-state index in [0.717, 1.165) is 0 Å². The number of hydrogen-bond acceptors (Lipinski definition) is 6. The van der Waals surface area contributed by atoms with Gasteiger partial charge in [-0.2, -0.15) is 0 Å². The second-order valence-electron chi connectivity index (χ2n) is 5.44. The van der Waals surface area contributed by atoms with Gasteiger partial charge < -0.3 is 20.1 Å². The van der Waals surface area contributed by atoms with E-state index in [9.17, 15) is 4.79 Å². The Morgan fingerprint density at radius 1 is 1.00 bits per heavy atom. The van der Waals surface area contributed by atoms with Gasteiger partial charge in [0.15, 0.2) is 0 Å². The second-order valence-corrected chi connectivity index (χ2v) is 5.88. The molecule has 2 aromatic carbocycles. The number of hydrogen-bond donors (Lipinski definition) is 2. The van der Waals surface area contributed by atoms with Crippen LogP contribution in [-0.4, -0.2) is 30.1 Å². The zero-order valence-corrected chi connectivity index (χ0v) is 15.4. The molecular formula is C19H17ClN4O3. The van der Waals surface area contributed by atoms with Crippen LogP contribution >= 0.6 is 11.6 Å². The van der Waals surface area contributed by atoms with Crippen LogP contribution < -0.4 is 20.1 Å². The van der Waals surface area contributed by atoms with Gasteiger partial charge in [-0.1, -0.05) is 11.6 Å². The Morgan fingerprint density at radius 3 is 2.48 bits per heavy atom. The molecule has 2 N–H and O–H groups in total. The first kappa shape index (κ1) is 18.5. The Morgan fingerprint density at radius 2 is 1.78 bits per heavy atom. The molecule has 1 heterocycles. The van der Waals surface area contributed by atoms with E-state index in [0.29, 0.717) is 33.7 Å². The predicted molar refractivity (Wildman–Crippen MR) is 104 cm³/mol. The molecule has 0 bridgehead atoms. The lowest BCUT2D eigenvalue weighted by atomic mass is 10.2. The molecular weight excluding hydrogens is 368 g/mol. The number of amides is 1. The molecule has 0 saturated heterocycles. The summed E-state index contributed by atoms with van der Waals surface area (Å²) in [5, 5.41) is 6.40. The predicted octanol–water partition coefficient (Wildman–Crippen LogP) is 4.14. The summed E-state index contributed by atoms with van der Waals surface area (Å²) in [5.41, 5.74) is 1.47. The van der Waals surface area contributed by atoms with Gasteiger partial charge in [0, 0.05) is 16.8 Å². The van der Waals surface area contributed by atoms with Crippen LogP contribution in [0.2, 0.25) is 5.02 Å². The van der Waals surface area contributed by atoms with E-state index in [2.05, 4.69) is 20.6 Å². The van der Waals surface area contributed by atoms with Crippen LogP contribution in [0.1, 0.15) is 10.5 Å². The number of nitrogens with zero attached hydrogens (tertiary/aromatic N) is 2. The van der Waals surface area contributed by atoms with E-state index in [4.69, 9.17) is 21.1 Å². The van der Waals surface area contributed by atoms with Crippen LogP contribution in [0.25, 0.3) is 0 Å². The van der Waals surface area contributed by atoms with Crippen molar-refractivity contribution in [1.82, 2.24) is 9.97 Å². The molecule has 1 amide bonds. The van der Waals surface area contributed by atoms with E-state index in [1.54, 1.807) is 62.8 Å². The minimum Gasteiger partial charge on any atom is -0.497 e. The lowest BCUT2D eigenvalue weighted by Gasteiger charge is -2.11. The fourth-order valence-electron chi connectivity index (χ4n) is 2.34. The first-order chi connectivity index (χ1) is 13.1. The molecule has 0 aliphatic carbocycles. The molecule has 0 radical (unpaired) electrons. The van der Waals surface area contributed by atoms with Gasteiger partial charge in [-0.15, -0.1) is 0 Å². The highest BCUT2D eigenvalue weighted by molar-refractivity contribution is 6.31. The fourth-order valence-corrected chi connectivity index (χ4v) is 2.51. The van der Waals surface area contributed by atoms with Crippen molar-refractivity contribution in [3.63, 3.8) is 0 Å². The topological polar surface area (TPSA) is 85.4 Å². The molecule has 3 rings (SSSR count). The lowest BCUT2D eigenvalue weighted by Crippen LogP contribution is -2.14. The van der Waals surface area contributed by atoms with E-state index >= 15 is 0 Å². The number of ether oxygens (including phenoxy) is 2. The van der Waals surface area contributed by atoms with E-state index in [-0.39, 0.29) is 11.6 Å². The molecule has 0 atom stereocenters. The van der Waals surface area contributed by atoms with E-state index in [1.807, 2.05) is 0 Å². The van der Waals surface area contributed by atoms with Gasteiger partial charge in [0.1, 0.15) is 29.3 Å². The van der Waals surface area contributed by atoms with Crippen LogP contribution in [0, 0.1) is 0 Å². The van der Waals surface area contributed by atoms with Gasteiger partial charge in [0.2, 0.25) is 0 Å². The van der Waals surface area contributed by atoms with Crippen molar-refractivity contribution in [1.29, 1.82) is 0 Å². The summed E-state index contributed by atoms with van der Waals surface area (Å²) in [7, 11) is 3.14. The molecule has 3 aromatic rings. The quantitative estimate of drug-likeness (QED) is 0.664. The lowest BCUT2D eigenvalue weighted by molar-refractivity contribution is 0.102. The van der Waals surface area contributed by atoms with Gasteiger partial charge in [0.05, 0.1) is 19.9 Å². The maximum atomic E-state index is 12.4. The monoisotopic (exact) mass is 384 g/mol. The molecule has 0 spiro atoms. The third kappa shape index (κ3) is 4.65. The normalized spacial score (nSPS) is 10.2. The summed E-state index contributed by atoms with van der Waals surface area (Å²) < 4.78 is 10.4. The summed E-state index contributed by atoms with van der Waals surface area (Å²) >= 11 is 6.03. The van der Waals surface area contributed by atoms with E-state index in [1.165, 1.54) is 6.33 Å². The van der Waals surface area contributed by atoms with Crippen molar-refractivity contribution in [2.45, 2.75) is 0 Å². The summed E-state index contributed by atoms with van der Waals surface area (Å²) in [6, 6.07) is 13.7. The summed E-state index contributed by atoms with van der Waals surface area (Å²) in [4.78, 5) is 20.6. The third-order valence-electron chi connectivity index (χ3n) is 3.67. The maximum Gasteiger partial charge on any atom is 0.274 e. The number of rotatable bonds is 6. The number of aromatic nitrogens is 2. The molecule has 0 aliphatic heterocycles. The van der Waals surface area contributed by atoms with Gasteiger partial charge in [-0.25, -0.2) is 9.97 Å². The average Bonchev–Trinajstić information content (AvgIpc) is 2.69. The van der Waals surface area contributed by atoms with Gasteiger partial charge in [-0.3, -0.25) is 4.79 Å². The first-order valence-electron chi connectivity index (χ1n) is 7.97. The van der Waals surface area contributed by atoms with Crippen molar-refractivity contribution in [3.8, 4) is 11.5 Å². The van der Waals surface area contributed by atoms with Crippen molar-refractivity contribution in [2.24, 2.45) is 0 Å². The molecule has 0 unspecified atom stereocenters. The molecule has 0 fully saturated rings. The molecule has 27 heavy (non-hydrogen) atoms. The largest absolute Gasteiger partial charge is 0.497 e. The smallest absolute Gasteiger partial charge is 0.274 e. The Bertz CT molecular complexity index is 948. The van der Waals surface area contributed by atoms with Crippen LogP contribution in [-0.2, 0) is 0 Å². The minimum atomic E-state index is -0.358. The second kappa shape index (κ2) is 8.37. The molecule has 0 aliphatic rings. The molecule has 0 saturated carbocycles. The van der Waals surface area contributed by atoms with Crippen LogP contribution in [0.15, 0.2) is 54.9 Å². The highest BCUT2D eigenvalue weighted by Crippen LogP contribution is 2.30. The van der Waals surface area contributed by atoms with Crippen LogP contribution in [0.4, 0.5) is 17.2 Å². The summed E-state index contributed by atoms with van der Waals surface area (Å²) in [6.07, 6.45) is 1.31. The number of anilines is 3. The third-order valence-corrected chi connectivity index (χ3v) is 3.91.